The van der Waals surface area contributed by atoms with Crippen molar-refractivity contribution in [2.45, 2.75) is 32.6 Å². The molecule has 0 aromatic carbocycles. The lowest BCUT2D eigenvalue weighted by molar-refractivity contribution is -0.136. The monoisotopic (exact) mass is 349 g/mol. The van der Waals surface area contributed by atoms with E-state index in [4.69, 9.17) is 0 Å². The van der Waals surface area contributed by atoms with E-state index in [9.17, 15) is 9.59 Å². The zero-order valence-electron chi connectivity index (χ0n) is 13.4. The van der Waals surface area contributed by atoms with E-state index in [1.54, 1.807) is 22.7 Å². The first-order valence-corrected chi connectivity index (χ1v) is 9.62. The molecule has 23 heavy (non-hydrogen) atoms. The van der Waals surface area contributed by atoms with Gasteiger partial charge in [-0.25, -0.2) is 0 Å². The van der Waals surface area contributed by atoms with Gasteiger partial charge in [0.25, 0.3) is 11.8 Å². The first kappa shape index (κ1) is 19.3. The summed E-state index contributed by atoms with van der Waals surface area (Å²) >= 11 is 3.43. The minimum Gasteiger partial charge on any atom is -0.275 e. The number of carbonyl (C=O) groups is 2. The fourth-order valence-corrected chi connectivity index (χ4v) is 2.71. The van der Waals surface area contributed by atoms with Crippen molar-refractivity contribution >= 4 is 34.5 Å². The van der Waals surface area contributed by atoms with Gasteiger partial charge in [0.05, 0.1) is 0 Å². The first-order chi connectivity index (χ1) is 11.3. The van der Waals surface area contributed by atoms with E-state index < -0.39 is 0 Å². The number of rotatable bonds is 5. The molecule has 0 saturated carbocycles. The largest absolute Gasteiger partial charge is 0.275 e. The third-order valence-electron chi connectivity index (χ3n) is 2.99. The van der Waals surface area contributed by atoms with E-state index in [2.05, 4.69) is 6.92 Å². The maximum absolute atomic E-state index is 11.1. The zero-order chi connectivity index (χ0) is 16.8. The van der Waals surface area contributed by atoms with Crippen molar-refractivity contribution in [2.75, 3.05) is 6.54 Å². The molecular weight excluding hydrogens is 326 g/mol. The number of unbranched alkanes of at least 4 members (excludes halogenated alkanes) is 3. The van der Waals surface area contributed by atoms with Gasteiger partial charge < -0.3 is 0 Å². The molecule has 0 spiro atoms. The molecule has 3 heterocycles. The quantitative estimate of drug-likeness (QED) is 0.563. The fraction of sp³-hybridized carbons (Fsp3) is 0.333. The molecule has 0 aliphatic carbocycles. The molecule has 2 aromatic heterocycles. The maximum Gasteiger partial charge on any atom is 0.253 e. The van der Waals surface area contributed by atoms with Crippen LogP contribution in [0.2, 0.25) is 0 Å². The molecule has 0 atom stereocenters. The summed E-state index contributed by atoms with van der Waals surface area (Å²) < 4.78 is 0. The SMILES string of the molecule is CCCCCCN1C(=O)C=CC1=O.c1ccsc1.c1ccsc1. The molecule has 3 rings (SSSR count). The van der Waals surface area contributed by atoms with Crippen molar-refractivity contribution in [3.8, 4) is 0 Å². The summed E-state index contributed by atoms with van der Waals surface area (Å²) in [6.45, 7) is 2.71. The summed E-state index contributed by atoms with van der Waals surface area (Å²) in [5.41, 5.74) is 0. The standard InChI is InChI=1S/C10H15NO2.2C4H4S/c1-2-3-4-5-8-11-9(12)6-7-10(11)13;2*1-2-4-5-3-1/h6-7H,2-5,8H2,1H3;2*1-4H. The average Bonchev–Trinajstić information content (AvgIpc) is 3.32. The number of hydrogen-bond donors (Lipinski definition) is 0. The Balaban J connectivity index is 0.000000213. The minimum atomic E-state index is -0.165. The first-order valence-electron chi connectivity index (χ1n) is 7.73. The maximum atomic E-state index is 11.1. The third kappa shape index (κ3) is 9.11. The summed E-state index contributed by atoms with van der Waals surface area (Å²) in [7, 11) is 0. The normalized spacial score (nSPS) is 12.5. The molecule has 0 radical (unpaired) electrons. The Morgan fingerprint density at radius 3 is 1.61 bits per heavy atom. The number of nitrogens with zero attached hydrogens (tertiary/aromatic N) is 1. The van der Waals surface area contributed by atoms with Gasteiger partial charge in [0.15, 0.2) is 0 Å². The summed E-state index contributed by atoms with van der Waals surface area (Å²) in [5, 5.41) is 8.17. The van der Waals surface area contributed by atoms with Crippen LogP contribution in [-0.4, -0.2) is 23.3 Å². The molecule has 2 aromatic rings. The Hall–Kier alpha value is -1.72. The second kappa shape index (κ2) is 12.8. The highest BCUT2D eigenvalue weighted by atomic mass is 32.1. The predicted octanol–water partition coefficient (Wildman–Crippen LogP) is 4.99. The van der Waals surface area contributed by atoms with Crippen LogP contribution >= 0.6 is 22.7 Å². The number of carbonyl (C=O) groups excluding carboxylic acids is 2. The Morgan fingerprint density at radius 2 is 1.26 bits per heavy atom. The van der Waals surface area contributed by atoms with Gasteiger partial charge in [-0.3, -0.25) is 14.5 Å². The van der Waals surface area contributed by atoms with E-state index >= 15 is 0 Å². The molecule has 0 fully saturated rings. The average molecular weight is 350 g/mol. The van der Waals surface area contributed by atoms with Crippen LogP contribution < -0.4 is 0 Å². The van der Waals surface area contributed by atoms with E-state index in [0.29, 0.717) is 6.54 Å². The van der Waals surface area contributed by atoms with Crippen molar-refractivity contribution < 1.29 is 9.59 Å². The summed E-state index contributed by atoms with van der Waals surface area (Å²) in [6, 6.07) is 8.07. The van der Waals surface area contributed by atoms with Gasteiger partial charge in [0.1, 0.15) is 0 Å². The number of thiophene rings is 2. The lowest BCUT2D eigenvalue weighted by atomic mass is 10.2. The van der Waals surface area contributed by atoms with E-state index in [1.165, 1.54) is 29.9 Å². The molecule has 0 saturated heterocycles. The lowest BCUT2D eigenvalue weighted by Gasteiger charge is -2.12. The molecule has 5 heteroatoms. The highest BCUT2D eigenvalue weighted by Crippen LogP contribution is 2.07. The highest BCUT2D eigenvalue weighted by molar-refractivity contribution is 7.08. The Morgan fingerprint density at radius 1 is 0.783 bits per heavy atom. The molecule has 1 aliphatic rings. The van der Waals surface area contributed by atoms with Crippen molar-refractivity contribution in [2.24, 2.45) is 0 Å². The molecule has 3 nitrogen and oxygen atoms in total. The van der Waals surface area contributed by atoms with Gasteiger partial charge in [-0.15, -0.1) is 0 Å². The second-order valence-electron chi connectivity index (χ2n) is 4.81. The molecule has 0 N–H and O–H groups in total. The van der Waals surface area contributed by atoms with Crippen LogP contribution in [0, 0.1) is 0 Å². The van der Waals surface area contributed by atoms with Gasteiger partial charge in [-0.2, -0.15) is 22.7 Å². The van der Waals surface area contributed by atoms with Crippen molar-refractivity contribution in [1.29, 1.82) is 0 Å². The Kier molecular flexibility index (Phi) is 10.7. The zero-order valence-corrected chi connectivity index (χ0v) is 15.0. The summed E-state index contributed by atoms with van der Waals surface area (Å²) in [6.07, 6.45) is 7.02. The molecule has 124 valence electrons. The van der Waals surface area contributed by atoms with Crippen molar-refractivity contribution in [3.63, 3.8) is 0 Å². The molecule has 0 bridgehead atoms. The van der Waals surface area contributed by atoms with Gasteiger partial charge in [-0.1, -0.05) is 50.5 Å². The minimum absolute atomic E-state index is 0.165. The van der Waals surface area contributed by atoms with Crippen LogP contribution in [0.3, 0.4) is 0 Å². The third-order valence-corrected chi connectivity index (χ3v) is 4.24. The fourth-order valence-electron chi connectivity index (χ4n) is 1.80. The van der Waals surface area contributed by atoms with Crippen LogP contribution in [0.1, 0.15) is 32.6 Å². The summed E-state index contributed by atoms with van der Waals surface area (Å²) in [4.78, 5) is 23.4. The van der Waals surface area contributed by atoms with E-state index in [1.807, 2.05) is 45.8 Å². The van der Waals surface area contributed by atoms with Gasteiger partial charge in [-0.05, 0) is 27.9 Å². The number of hydrogen-bond acceptors (Lipinski definition) is 4. The Bertz CT molecular complexity index is 469. The van der Waals surface area contributed by atoms with Crippen LogP contribution in [0.5, 0.6) is 0 Å². The van der Waals surface area contributed by atoms with Gasteiger partial charge >= 0.3 is 0 Å². The van der Waals surface area contributed by atoms with E-state index in [-0.39, 0.29) is 11.8 Å². The van der Waals surface area contributed by atoms with E-state index in [0.717, 1.165) is 12.8 Å². The molecule has 1 aliphatic heterocycles. The Labute approximate surface area is 146 Å². The lowest BCUT2D eigenvalue weighted by Crippen LogP contribution is -2.30. The van der Waals surface area contributed by atoms with Crippen LogP contribution in [0.15, 0.2) is 57.9 Å². The van der Waals surface area contributed by atoms with Crippen LogP contribution in [0.4, 0.5) is 0 Å². The van der Waals surface area contributed by atoms with Gasteiger partial charge in [0.2, 0.25) is 0 Å². The predicted molar refractivity (Wildman–Crippen MR) is 98.6 cm³/mol. The number of imide groups is 1. The molecule has 2 amide bonds. The van der Waals surface area contributed by atoms with Crippen LogP contribution in [0.25, 0.3) is 0 Å². The van der Waals surface area contributed by atoms with Crippen molar-refractivity contribution in [1.82, 2.24) is 4.90 Å². The topological polar surface area (TPSA) is 37.4 Å². The second-order valence-corrected chi connectivity index (χ2v) is 6.44. The van der Waals surface area contributed by atoms with Crippen molar-refractivity contribution in [3.05, 3.63) is 57.9 Å². The smallest absolute Gasteiger partial charge is 0.253 e. The molecular formula is C18H23NO2S2. The summed E-state index contributed by atoms with van der Waals surface area (Å²) in [5.74, 6) is -0.331. The molecule has 0 unspecified atom stereocenters. The van der Waals surface area contributed by atoms with Crippen LogP contribution in [-0.2, 0) is 9.59 Å². The van der Waals surface area contributed by atoms with Gasteiger partial charge in [0, 0.05) is 18.7 Å². The highest BCUT2D eigenvalue weighted by Gasteiger charge is 2.21. The number of amides is 2.